The van der Waals surface area contributed by atoms with Crippen LogP contribution in [-0.2, 0) is 57.0 Å². The van der Waals surface area contributed by atoms with Gasteiger partial charge in [-0.3, -0.25) is 4.79 Å². The smallest absolute Gasteiger partial charge is 0.333 e. The Labute approximate surface area is 223 Å². The average molecular weight is 554 g/mol. The monoisotopic (exact) mass is 553 g/mol. The third-order valence-corrected chi connectivity index (χ3v) is 4.07. The number of ether oxygens (including phenoxy) is 9. The van der Waals surface area contributed by atoms with Crippen molar-refractivity contribution in [1.82, 2.24) is 5.32 Å². The van der Waals surface area contributed by atoms with Gasteiger partial charge in [0.15, 0.2) is 0 Å². The summed E-state index contributed by atoms with van der Waals surface area (Å²) in [5, 5.41) is 10.9. The van der Waals surface area contributed by atoms with Crippen molar-refractivity contribution in [2.24, 2.45) is 0 Å². The van der Waals surface area contributed by atoms with Gasteiger partial charge in [0, 0.05) is 12.1 Å². The van der Waals surface area contributed by atoms with Crippen molar-refractivity contribution < 1.29 is 62.1 Å². The molecule has 0 radical (unpaired) electrons. The average Bonchev–Trinajstić information content (AvgIpc) is 2.88. The van der Waals surface area contributed by atoms with Crippen LogP contribution in [0, 0.1) is 0 Å². The summed E-state index contributed by atoms with van der Waals surface area (Å²) in [6.07, 6.45) is 0. The van der Waals surface area contributed by atoms with Crippen molar-refractivity contribution in [3.63, 3.8) is 0 Å². The van der Waals surface area contributed by atoms with Gasteiger partial charge >= 0.3 is 11.9 Å². The van der Waals surface area contributed by atoms with E-state index < -0.39 is 24.5 Å². The van der Waals surface area contributed by atoms with Crippen molar-refractivity contribution >= 4 is 17.8 Å². The van der Waals surface area contributed by atoms with Gasteiger partial charge in [0.25, 0.3) is 0 Å². The van der Waals surface area contributed by atoms with Crippen LogP contribution in [0.1, 0.15) is 6.92 Å². The zero-order chi connectivity index (χ0) is 28.1. The predicted molar refractivity (Wildman–Crippen MR) is 133 cm³/mol. The summed E-state index contributed by atoms with van der Waals surface area (Å²) in [6, 6.07) is 0. The summed E-state index contributed by atoms with van der Waals surface area (Å²) in [4.78, 5) is 32.7. The van der Waals surface area contributed by atoms with Crippen LogP contribution in [0.4, 0.5) is 0 Å². The third kappa shape index (κ3) is 28.4. The summed E-state index contributed by atoms with van der Waals surface area (Å²) in [5.41, 5.74) is 0.359. The number of carboxylic acids is 1. The van der Waals surface area contributed by atoms with Gasteiger partial charge in [-0.05, 0) is 6.92 Å². The molecule has 0 spiro atoms. The fourth-order valence-electron chi connectivity index (χ4n) is 2.28. The summed E-state index contributed by atoms with van der Waals surface area (Å²) >= 11 is 0. The molecule has 0 aromatic rings. The van der Waals surface area contributed by atoms with Crippen LogP contribution in [0.25, 0.3) is 0 Å². The number of rotatable bonds is 29. The van der Waals surface area contributed by atoms with E-state index in [0.29, 0.717) is 105 Å². The van der Waals surface area contributed by atoms with E-state index in [1.54, 1.807) is 6.92 Å². The molecule has 0 aliphatic carbocycles. The van der Waals surface area contributed by atoms with E-state index in [-0.39, 0.29) is 13.2 Å². The number of carbonyl (C=O) groups excluding carboxylic acids is 2. The minimum absolute atomic E-state index is 0.187. The Kier molecular flexibility index (Phi) is 26.3. The SMILES string of the molecule is C=C(C)C(=O)OCCOCCOCCOCCOCCOCCOCCOCCNC(=O)COCC(=O)O. The minimum atomic E-state index is -1.13. The molecule has 14 nitrogen and oxygen atoms in total. The number of nitrogens with one attached hydrogen (secondary N) is 1. The van der Waals surface area contributed by atoms with Crippen molar-refractivity contribution in [3.05, 3.63) is 12.2 Å². The number of hydrogen-bond donors (Lipinski definition) is 2. The highest BCUT2D eigenvalue weighted by Gasteiger charge is 2.03. The zero-order valence-corrected chi connectivity index (χ0v) is 22.3. The first kappa shape index (κ1) is 35.8. The Hall–Kier alpha value is -2.17. The molecule has 0 aromatic carbocycles. The number of esters is 1. The van der Waals surface area contributed by atoms with Gasteiger partial charge in [-0.1, -0.05) is 6.58 Å². The molecule has 2 N–H and O–H groups in total. The van der Waals surface area contributed by atoms with Crippen LogP contribution in [0.5, 0.6) is 0 Å². The van der Waals surface area contributed by atoms with Crippen molar-refractivity contribution in [2.75, 3.05) is 119 Å². The second kappa shape index (κ2) is 27.9. The lowest BCUT2D eigenvalue weighted by Crippen LogP contribution is -2.31. The molecule has 0 heterocycles. The van der Waals surface area contributed by atoms with E-state index in [1.807, 2.05) is 0 Å². The quantitative estimate of drug-likeness (QED) is 0.0688. The minimum Gasteiger partial charge on any atom is -0.480 e. The van der Waals surface area contributed by atoms with E-state index in [2.05, 4.69) is 16.6 Å². The number of carboxylic acid groups (broad SMARTS) is 1. The molecular weight excluding hydrogens is 510 g/mol. The van der Waals surface area contributed by atoms with E-state index in [9.17, 15) is 14.4 Å². The molecule has 14 heteroatoms. The lowest BCUT2D eigenvalue weighted by atomic mass is 10.4. The Morgan fingerprint density at radius 1 is 0.579 bits per heavy atom. The highest BCUT2D eigenvalue weighted by atomic mass is 16.6. The van der Waals surface area contributed by atoms with Gasteiger partial charge in [-0.2, -0.15) is 0 Å². The lowest BCUT2D eigenvalue weighted by Gasteiger charge is -2.09. The molecule has 38 heavy (non-hydrogen) atoms. The van der Waals surface area contributed by atoms with Crippen molar-refractivity contribution in [3.8, 4) is 0 Å². The summed E-state index contributed by atoms with van der Waals surface area (Å²) in [5.74, 6) is -1.95. The van der Waals surface area contributed by atoms with Crippen LogP contribution < -0.4 is 5.32 Å². The maximum absolute atomic E-state index is 11.3. The number of carbonyl (C=O) groups is 3. The predicted octanol–water partition coefficient (Wildman–Crippen LogP) is -0.561. The van der Waals surface area contributed by atoms with Gasteiger partial charge in [-0.25, -0.2) is 9.59 Å². The van der Waals surface area contributed by atoms with E-state index in [0.717, 1.165) is 0 Å². The van der Waals surface area contributed by atoms with E-state index in [4.69, 9.17) is 43.0 Å². The molecule has 1 amide bonds. The second-order valence-electron chi connectivity index (χ2n) is 7.44. The van der Waals surface area contributed by atoms with Crippen LogP contribution in [0.15, 0.2) is 12.2 Å². The Balaban J connectivity index is 3.13. The molecule has 0 aromatic heterocycles. The molecule has 0 rings (SSSR count). The Bertz CT molecular complexity index is 618. The first-order valence-electron chi connectivity index (χ1n) is 12.4. The highest BCUT2D eigenvalue weighted by molar-refractivity contribution is 5.86. The maximum Gasteiger partial charge on any atom is 0.333 e. The standard InChI is InChI=1S/C24H43NO13/c1-21(2)24(29)38-18-17-36-16-15-35-14-13-34-12-11-33-10-9-32-8-7-31-6-5-30-4-3-25-22(26)19-37-20-23(27)28/h1,3-20H2,2H3,(H,25,26)(H,27,28). The third-order valence-electron chi connectivity index (χ3n) is 4.07. The largest absolute Gasteiger partial charge is 0.480 e. The molecule has 0 atom stereocenters. The van der Waals surface area contributed by atoms with Gasteiger partial charge in [-0.15, -0.1) is 0 Å². The second-order valence-corrected chi connectivity index (χ2v) is 7.44. The fourth-order valence-corrected chi connectivity index (χ4v) is 2.28. The zero-order valence-electron chi connectivity index (χ0n) is 22.3. The summed E-state index contributed by atoms with van der Waals surface area (Å²) in [6.45, 7) is 10.6. The molecule has 0 bridgehead atoms. The fraction of sp³-hybridized carbons (Fsp3) is 0.792. The molecule has 0 saturated heterocycles. The summed E-state index contributed by atoms with van der Waals surface area (Å²) < 4.78 is 47.0. The highest BCUT2D eigenvalue weighted by Crippen LogP contribution is 1.92. The van der Waals surface area contributed by atoms with Gasteiger partial charge in [0.05, 0.1) is 92.5 Å². The van der Waals surface area contributed by atoms with E-state index >= 15 is 0 Å². The van der Waals surface area contributed by atoms with Gasteiger partial charge in [0.2, 0.25) is 5.91 Å². The summed E-state index contributed by atoms with van der Waals surface area (Å²) in [7, 11) is 0. The molecular formula is C24H43NO13. The molecule has 0 aliphatic heterocycles. The number of aliphatic carboxylic acids is 1. The molecule has 0 saturated carbocycles. The Morgan fingerprint density at radius 2 is 0.947 bits per heavy atom. The first-order valence-corrected chi connectivity index (χ1v) is 12.4. The molecule has 0 fully saturated rings. The molecule has 222 valence electrons. The molecule has 0 aliphatic rings. The topological polar surface area (TPSA) is 167 Å². The molecule has 0 unspecified atom stereocenters. The van der Waals surface area contributed by atoms with Crippen LogP contribution in [0.2, 0.25) is 0 Å². The normalized spacial score (nSPS) is 10.9. The lowest BCUT2D eigenvalue weighted by molar-refractivity contribution is -0.144. The van der Waals surface area contributed by atoms with Crippen molar-refractivity contribution in [1.29, 1.82) is 0 Å². The first-order chi connectivity index (χ1) is 18.4. The van der Waals surface area contributed by atoms with Crippen molar-refractivity contribution in [2.45, 2.75) is 6.92 Å². The Morgan fingerprint density at radius 3 is 1.32 bits per heavy atom. The van der Waals surface area contributed by atoms with Crippen LogP contribution in [-0.4, -0.2) is 142 Å². The number of hydrogen-bond acceptors (Lipinski definition) is 12. The van der Waals surface area contributed by atoms with Crippen LogP contribution in [0.3, 0.4) is 0 Å². The van der Waals surface area contributed by atoms with Gasteiger partial charge < -0.3 is 53.1 Å². The van der Waals surface area contributed by atoms with E-state index in [1.165, 1.54) is 0 Å². The maximum atomic E-state index is 11.3. The number of amides is 1. The van der Waals surface area contributed by atoms with Crippen LogP contribution >= 0.6 is 0 Å². The van der Waals surface area contributed by atoms with Gasteiger partial charge in [0.1, 0.15) is 19.8 Å².